The molecule has 90 valence electrons. The molecule has 1 rings (SSSR count). The number of carbonyl (C=O) groups is 1. The highest BCUT2D eigenvalue weighted by atomic mass is 32.1. The second-order valence-electron chi connectivity index (χ2n) is 3.30. The van der Waals surface area contributed by atoms with Crippen LogP contribution in [0.4, 0.5) is 5.13 Å². The molecule has 0 aliphatic carbocycles. The van der Waals surface area contributed by atoms with Crippen LogP contribution < -0.4 is 5.32 Å². The highest BCUT2D eigenvalue weighted by Crippen LogP contribution is 2.16. The van der Waals surface area contributed by atoms with Gasteiger partial charge in [-0.15, -0.1) is 10.2 Å². The van der Waals surface area contributed by atoms with Crippen LogP contribution in [0.2, 0.25) is 0 Å². The average Bonchev–Trinajstić information content (AvgIpc) is 2.63. The molecular formula is C9H15N3O3S. The minimum atomic E-state index is -0.885. The van der Waals surface area contributed by atoms with Crippen LogP contribution >= 0.6 is 11.3 Å². The number of rotatable bonds is 7. The maximum absolute atomic E-state index is 11.0. The van der Waals surface area contributed by atoms with Crippen LogP contribution in [0.15, 0.2) is 0 Å². The van der Waals surface area contributed by atoms with Crippen LogP contribution in [-0.4, -0.2) is 41.0 Å². The van der Waals surface area contributed by atoms with Gasteiger partial charge in [-0.05, 0) is 19.8 Å². The molecule has 0 aliphatic rings. The van der Waals surface area contributed by atoms with Gasteiger partial charge in [-0.1, -0.05) is 11.3 Å². The van der Waals surface area contributed by atoms with E-state index >= 15 is 0 Å². The summed E-state index contributed by atoms with van der Waals surface area (Å²) in [6, 6.07) is -0.637. The molecule has 2 N–H and O–H groups in total. The van der Waals surface area contributed by atoms with Gasteiger partial charge in [-0.3, -0.25) is 0 Å². The van der Waals surface area contributed by atoms with Crippen LogP contribution in [0, 0.1) is 6.92 Å². The summed E-state index contributed by atoms with van der Waals surface area (Å²) in [6.07, 6.45) is 1.19. The van der Waals surface area contributed by atoms with E-state index in [1.165, 1.54) is 11.3 Å². The van der Waals surface area contributed by atoms with Gasteiger partial charge >= 0.3 is 5.97 Å². The van der Waals surface area contributed by atoms with E-state index in [9.17, 15) is 4.79 Å². The minimum absolute atomic E-state index is 0.502. The Labute approximate surface area is 97.7 Å². The van der Waals surface area contributed by atoms with Gasteiger partial charge in [0.25, 0.3) is 0 Å². The number of nitrogens with zero attached hydrogens (tertiary/aromatic N) is 2. The number of aromatic nitrogens is 2. The predicted octanol–water partition coefficient (Wildman–Crippen LogP) is 1.14. The number of hydrogen-bond acceptors (Lipinski definition) is 6. The Hall–Kier alpha value is -1.21. The van der Waals surface area contributed by atoms with Crippen molar-refractivity contribution in [2.24, 2.45) is 0 Å². The molecule has 1 unspecified atom stereocenters. The fraction of sp³-hybridized carbons (Fsp3) is 0.667. The van der Waals surface area contributed by atoms with Crippen LogP contribution in [0.25, 0.3) is 0 Å². The topological polar surface area (TPSA) is 84.3 Å². The first-order chi connectivity index (χ1) is 7.63. The molecule has 0 bridgehead atoms. The smallest absolute Gasteiger partial charge is 0.326 e. The van der Waals surface area contributed by atoms with E-state index in [4.69, 9.17) is 9.84 Å². The molecule has 0 spiro atoms. The van der Waals surface area contributed by atoms with Crippen molar-refractivity contribution in [1.29, 1.82) is 0 Å². The number of aliphatic carboxylic acids is 1. The average molecular weight is 245 g/mol. The van der Waals surface area contributed by atoms with Gasteiger partial charge in [0.15, 0.2) is 0 Å². The zero-order chi connectivity index (χ0) is 12.0. The zero-order valence-corrected chi connectivity index (χ0v) is 10.1. The molecule has 0 radical (unpaired) electrons. The summed E-state index contributed by atoms with van der Waals surface area (Å²) in [4.78, 5) is 11.0. The molecule has 0 saturated heterocycles. The Bertz CT molecular complexity index is 342. The Kier molecular flexibility index (Phi) is 5.13. The molecule has 1 heterocycles. The summed E-state index contributed by atoms with van der Waals surface area (Å²) >= 11 is 1.34. The molecule has 1 aromatic heterocycles. The van der Waals surface area contributed by atoms with Crippen molar-refractivity contribution < 1.29 is 14.6 Å². The van der Waals surface area contributed by atoms with Gasteiger partial charge < -0.3 is 15.2 Å². The van der Waals surface area contributed by atoms with Gasteiger partial charge in [0.1, 0.15) is 11.0 Å². The van der Waals surface area contributed by atoms with Gasteiger partial charge in [-0.2, -0.15) is 0 Å². The van der Waals surface area contributed by atoms with E-state index in [1.807, 2.05) is 6.92 Å². The summed E-state index contributed by atoms with van der Waals surface area (Å²) < 4.78 is 4.88. The van der Waals surface area contributed by atoms with Crippen molar-refractivity contribution in [2.45, 2.75) is 25.8 Å². The van der Waals surface area contributed by atoms with Crippen LogP contribution in [-0.2, 0) is 9.53 Å². The van der Waals surface area contributed by atoms with Crippen molar-refractivity contribution in [3.8, 4) is 0 Å². The van der Waals surface area contributed by atoms with E-state index in [-0.39, 0.29) is 0 Å². The zero-order valence-electron chi connectivity index (χ0n) is 9.27. The fourth-order valence-corrected chi connectivity index (χ4v) is 1.84. The Morgan fingerprint density at radius 1 is 1.62 bits per heavy atom. The Morgan fingerprint density at radius 3 is 2.88 bits per heavy atom. The molecule has 1 aromatic rings. The number of ether oxygens (including phenoxy) is 1. The first-order valence-electron chi connectivity index (χ1n) is 4.92. The largest absolute Gasteiger partial charge is 0.480 e. The minimum Gasteiger partial charge on any atom is -0.480 e. The first kappa shape index (κ1) is 12.9. The summed E-state index contributed by atoms with van der Waals surface area (Å²) in [6.45, 7) is 2.38. The second-order valence-corrected chi connectivity index (χ2v) is 4.48. The predicted molar refractivity (Wildman–Crippen MR) is 60.8 cm³/mol. The molecule has 0 saturated carbocycles. The van der Waals surface area contributed by atoms with Gasteiger partial charge in [0.05, 0.1) is 0 Å². The van der Waals surface area contributed by atoms with Crippen LogP contribution in [0.5, 0.6) is 0 Å². The van der Waals surface area contributed by atoms with Gasteiger partial charge in [0.2, 0.25) is 5.13 Å². The third kappa shape index (κ3) is 4.11. The Balaban J connectivity index is 2.47. The lowest BCUT2D eigenvalue weighted by Crippen LogP contribution is -2.29. The van der Waals surface area contributed by atoms with E-state index < -0.39 is 12.0 Å². The fourth-order valence-electron chi connectivity index (χ4n) is 1.19. The highest BCUT2D eigenvalue weighted by molar-refractivity contribution is 7.15. The maximum Gasteiger partial charge on any atom is 0.326 e. The van der Waals surface area contributed by atoms with Crippen LogP contribution in [0.3, 0.4) is 0 Å². The number of hydrogen-bond donors (Lipinski definition) is 2. The third-order valence-electron chi connectivity index (χ3n) is 1.96. The van der Waals surface area contributed by atoms with Gasteiger partial charge in [0, 0.05) is 13.7 Å². The molecule has 0 fully saturated rings. The third-order valence-corrected chi connectivity index (χ3v) is 2.73. The highest BCUT2D eigenvalue weighted by Gasteiger charge is 2.18. The first-order valence-corrected chi connectivity index (χ1v) is 5.73. The maximum atomic E-state index is 11.0. The van der Waals surface area contributed by atoms with Crippen molar-refractivity contribution in [3.05, 3.63) is 5.01 Å². The van der Waals surface area contributed by atoms with Crippen molar-refractivity contribution in [3.63, 3.8) is 0 Å². The lowest BCUT2D eigenvalue weighted by molar-refractivity contribution is -0.138. The summed E-state index contributed by atoms with van der Waals surface area (Å²) in [7, 11) is 1.59. The number of methoxy groups -OCH3 is 1. The number of aryl methyl sites for hydroxylation is 1. The molecule has 6 nitrogen and oxygen atoms in total. The molecule has 16 heavy (non-hydrogen) atoms. The normalized spacial score (nSPS) is 12.4. The molecular weight excluding hydrogens is 230 g/mol. The molecule has 1 atom stereocenters. The standard InChI is InChI=1S/C9H15N3O3S/c1-6-11-12-9(16-6)10-7(8(13)14)4-3-5-15-2/h7H,3-5H2,1-2H3,(H,10,12)(H,13,14). The van der Waals surface area contributed by atoms with Crippen LogP contribution in [0.1, 0.15) is 17.8 Å². The molecule has 0 aromatic carbocycles. The lowest BCUT2D eigenvalue weighted by atomic mass is 10.1. The van der Waals surface area contributed by atoms with E-state index in [0.717, 1.165) is 5.01 Å². The summed E-state index contributed by atoms with van der Waals surface area (Å²) in [5.41, 5.74) is 0. The van der Waals surface area contributed by atoms with Crippen molar-refractivity contribution in [2.75, 3.05) is 19.0 Å². The number of carboxylic acid groups (broad SMARTS) is 1. The SMILES string of the molecule is COCCCC(Nc1nnc(C)s1)C(=O)O. The summed E-state index contributed by atoms with van der Waals surface area (Å²) in [5, 5.41) is 20.8. The van der Waals surface area contributed by atoms with E-state index in [1.54, 1.807) is 7.11 Å². The quantitative estimate of drug-likeness (QED) is 0.701. The Morgan fingerprint density at radius 2 is 2.38 bits per heavy atom. The second kappa shape index (κ2) is 6.39. The van der Waals surface area contributed by atoms with Gasteiger partial charge in [-0.25, -0.2) is 4.79 Å². The number of anilines is 1. The molecule has 0 amide bonds. The summed E-state index contributed by atoms with van der Waals surface area (Å²) in [5.74, 6) is -0.885. The van der Waals surface area contributed by atoms with E-state index in [0.29, 0.717) is 24.6 Å². The number of carboxylic acids is 1. The number of nitrogens with one attached hydrogen (secondary N) is 1. The molecule has 0 aliphatic heterocycles. The van der Waals surface area contributed by atoms with E-state index in [2.05, 4.69) is 15.5 Å². The molecule has 7 heteroatoms. The monoisotopic (exact) mass is 245 g/mol. The lowest BCUT2D eigenvalue weighted by Gasteiger charge is -2.12. The van der Waals surface area contributed by atoms with Crippen molar-refractivity contribution >= 4 is 22.4 Å². The van der Waals surface area contributed by atoms with Crippen molar-refractivity contribution in [1.82, 2.24) is 10.2 Å².